The number of rotatable bonds is 5. The van der Waals surface area contributed by atoms with Gasteiger partial charge in [0.25, 0.3) is 15.9 Å². The van der Waals surface area contributed by atoms with Crippen molar-refractivity contribution in [2.75, 3.05) is 0 Å². The molecular weight excluding hydrogens is 430 g/mol. The lowest BCUT2D eigenvalue weighted by Gasteiger charge is -2.10. The average Bonchev–Trinajstić information content (AvgIpc) is 3.22. The molecule has 4 rings (SSSR count). The summed E-state index contributed by atoms with van der Waals surface area (Å²) in [5.41, 5.74) is 3.28. The minimum atomic E-state index is -3.82. The Morgan fingerprint density at radius 1 is 1.03 bits per heavy atom. The summed E-state index contributed by atoms with van der Waals surface area (Å²) in [6.07, 6.45) is 3.42. The Morgan fingerprint density at radius 2 is 1.72 bits per heavy atom. The number of hydrogen-bond donors (Lipinski definition) is 1. The van der Waals surface area contributed by atoms with Crippen LogP contribution in [0.3, 0.4) is 0 Å². The van der Waals surface area contributed by atoms with Gasteiger partial charge >= 0.3 is 0 Å². The highest BCUT2D eigenvalue weighted by Crippen LogP contribution is 2.34. The molecule has 0 aliphatic carbocycles. The summed E-state index contributed by atoms with van der Waals surface area (Å²) in [6, 6.07) is 15.1. The van der Waals surface area contributed by atoms with E-state index in [0.29, 0.717) is 22.9 Å². The summed E-state index contributed by atoms with van der Waals surface area (Å²) < 4.78 is 27.7. The minimum Gasteiger partial charge on any atom is -0.277 e. The van der Waals surface area contributed by atoms with E-state index in [4.69, 9.17) is 12.2 Å². The molecule has 7 nitrogen and oxygen atoms in total. The van der Waals surface area contributed by atoms with Gasteiger partial charge in [-0.25, -0.2) is 12.4 Å². The van der Waals surface area contributed by atoms with Gasteiger partial charge in [-0.05, 0) is 36.5 Å². The van der Waals surface area contributed by atoms with Crippen LogP contribution < -0.4 is 5.43 Å². The van der Waals surface area contributed by atoms with E-state index in [9.17, 15) is 18.0 Å². The summed E-state index contributed by atoms with van der Waals surface area (Å²) in [6.45, 7) is 0. The Morgan fingerprint density at radius 3 is 2.45 bits per heavy atom. The Hall–Kier alpha value is -2.95. The number of carbonyl (C=O) groups is 2. The van der Waals surface area contributed by atoms with Gasteiger partial charge in [-0.15, -0.1) is 0 Å². The van der Waals surface area contributed by atoms with E-state index < -0.39 is 15.9 Å². The van der Waals surface area contributed by atoms with Gasteiger partial charge in [0, 0.05) is 17.1 Å². The molecule has 1 aliphatic rings. The molecule has 2 heterocycles. The number of aromatic nitrogens is 1. The number of nitrogens with zero attached hydrogens (tertiary/aromatic N) is 2. The van der Waals surface area contributed by atoms with Crippen molar-refractivity contribution in [1.29, 1.82) is 0 Å². The predicted molar refractivity (Wildman–Crippen MR) is 115 cm³/mol. The van der Waals surface area contributed by atoms with Crippen molar-refractivity contribution < 1.29 is 18.0 Å². The van der Waals surface area contributed by atoms with Gasteiger partial charge < -0.3 is 0 Å². The topological polar surface area (TPSA) is 88.5 Å². The monoisotopic (exact) mass is 443 g/mol. The molecule has 1 aliphatic heterocycles. The third kappa shape index (κ3) is 3.35. The molecular formula is C19H13N3O4S3. The molecule has 0 spiro atoms. The van der Waals surface area contributed by atoms with Crippen molar-refractivity contribution in [2.24, 2.45) is 0 Å². The SMILES string of the molecule is O=CNN1C(=O)/C(=C/c2cn(S(=O)(=O)c3ccccc3)c3ccccc23)SC1=S. The summed E-state index contributed by atoms with van der Waals surface area (Å²) >= 11 is 6.13. The highest BCUT2D eigenvalue weighted by molar-refractivity contribution is 8.26. The van der Waals surface area contributed by atoms with Crippen LogP contribution in [0.4, 0.5) is 0 Å². The van der Waals surface area contributed by atoms with Crippen LogP contribution in [0.5, 0.6) is 0 Å². The molecule has 0 bridgehead atoms. The second-order valence-corrected chi connectivity index (χ2v) is 9.47. The first kappa shape index (κ1) is 19.4. The van der Waals surface area contributed by atoms with Gasteiger partial charge in [-0.3, -0.25) is 15.0 Å². The van der Waals surface area contributed by atoms with E-state index in [2.05, 4.69) is 5.43 Å². The van der Waals surface area contributed by atoms with Crippen LogP contribution in [0, 0.1) is 0 Å². The number of hydrazine groups is 1. The van der Waals surface area contributed by atoms with Crippen LogP contribution in [-0.2, 0) is 19.6 Å². The molecule has 1 saturated heterocycles. The molecule has 29 heavy (non-hydrogen) atoms. The van der Waals surface area contributed by atoms with Crippen LogP contribution in [0.1, 0.15) is 5.56 Å². The van der Waals surface area contributed by atoms with Gasteiger partial charge in [0.1, 0.15) is 0 Å². The number of thioether (sulfide) groups is 1. The highest BCUT2D eigenvalue weighted by atomic mass is 32.2. The smallest absolute Gasteiger partial charge is 0.277 e. The first-order chi connectivity index (χ1) is 13.9. The summed E-state index contributed by atoms with van der Waals surface area (Å²) in [7, 11) is -3.82. The zero-order chi connectivity index (χ0) is 20.6. The van der Waals surface area contributed by atoms with E-state index in [-0.39, 0.29) is 14.1 Å². The fraction of sp³-hybridized carbons (Fsp3) is 0. The molecule has 3 aromatic rings. The number of carbonyl (C=O) groups excluding carboxylic acids is 2. The first-order valence-corrected chi connectivity index (χ1v) is 11.0. The highest BCUT2D eigenvalue weighted by Gasteiger charge is 2.32. The van der Waals surface area contributed by atoms with Gasteiger partial charge in [-0.1, -0.05) is 48.2 Å². The van der Waals surface area contributed by atoms with Gasteiger partial charge in [-0.2, -0.15) is 5.01 Å². The van der Waals surface area contributed by atoms with Crippen molar-refractivity contribution in [3.8, 4) is 0 Å². The van der Waals surface area contributed by atoms with Crippen LogP contribution >= 0.6 is 24.0 Å². The third-order valence-corrected chi connectivity index (χ3v) is 7.26. The second kappa shape index (κ2) is 7.47. The Balaban J connectivity index is 1.86. The van der Waals surface area contributed by atoms with Gasteiger partial charge in [0.2, 0.25) is 6.41 Å². The molecule has 0 saturated carbocycles. The van der Waals surface area contributed by atoms with Crippen molar-refractivity contribution >= 4 is 67.6 Å². The molecule has 1 aromatic heterocycles. The first-order valence-electron chi connectivity index (χ1n) is 8.32. The van der Waals surface area contributed by atoms with Crippen molar-refractivity contribution in [3.05, 3.63) is 71.3 Å². The fourth-order valence-electron chi connectivity index (χ4n) is 2.97. The van der Waals surface area contributed by atoms with Gasteiger partial charge in [0.05, 0.1) is 15.3 Å². The van der Waals surface area contributed by atoms with Crippen molar-refractivity contribution in [2.45, 2.75) is 4.90 Å². The van der Waals surface area contributed by atoms with Gasteiger partial charge in [0.15, 0.2) is 4.32 Å². The van der Waals surface area contributed by atoms with Crippen LogP contribution in [0.25, 0.3) is 17.0 Å². The number of para-hydroxylation sites is 1. The lowest BCUT2D eigenvalue weighted by atomic mass is 10.1. The molecule has 0 radical (unpaired) electrons. The standard InChI is InChI=1S/C19H13N3O4S3/c23-12-20-22-18(24)17(28-19(22)27)10-13-11-21(16-9-5-4-8-15(13)16)29(25,26)14-6-2-1-3-7-14/h1-12H,(H,20,23)/b17-10-. The normalized spacial score (nSPS) is 16.0. The Kier molecular flexibility index (Phi) is 4.99. The molecule has 146 valence electrons. The van der Waals surface area contributed by atoms with Crippen LogP contribution in [0.2, 0.25) is 0 Å². The number of fused-ring (bicyclic) bond motifs is 1. The maximum Gasteiger partial charge on any atom is 0.285 e. The third-order valence-electron chi connectivity index (χ3n) is 4.27. The number of hydrogen-bond acceptors (Lipinski definition) is 6. The molecule has 2 aromatic carbocycles. The zero-order valence-corrected chi connectivity index (χ0v) is 17.1. The lowest BCUT2D eigenvalue weighted by molar-refractivity contribution is -0.128. The van der Waals surface area contributed by atoms with E-state index >= 15 is 0 Å². The number of amides is 2. The van der Waals surface area contributed by atoms with Crippen LogP contribution in [-0.4, -0.2) is 34.0 Å². The van der Waals surface area contributed by atoms with E-state index in [1.54, 1.807) is 48.5 Å². The molecule has 1 N–H and O–H groups in total. The van der Waals surface area contributed by atoms with E-state index in [0.717, 1.165) is 16.8 Å². The van der Waals surface area contributed by atoms with E-state index in [1.165, 1.54) is 22.3 Å². The second-order valence-electron chi connectivity index (χ2n) is 5.98. The predicted octanol–water partition coefficient (Wildman–Crippen LogP) is 2.74. The zero-order valence-electron chi connectivity index (χ0n) is 14.7. The quantitative estimate of drug-likeness (QED) is 0.371. The van der Waals surface area contributed by atoms with Crippen LogP contribution in [0.15, 0.2) is 70.6 Å². The fourth-order valence-corrected chi connectivity index (χ4v) is 5.55. The molecule has 0 unspecified atom stereocenters. The van der Waals surface area contributed by atoms with E-state index in [1.807, 2.05) is 0 Å². The Labute approximate surface area is 176 Å². The number of benzene rings is 2. The minimum absolute atomic E-state index is 0.161. The summed E-state index contributed by atoms with van der Waals surface area (Å²) in [5, 5.41) is 1.64. The molecule has 2 amide bonds. The maximum absolute atomic E-state index is 13.1. The molecule has 0 atom stereocenters. The maximum atomic E-state index is 13.1. The van der Waals surface area contributed by atoms with Crippen molar-refractivity contribution in [1.82, 2.24) is 14.4 Å². The van der Waals surface area contributed by atoms with Crippen molar-refractivity contribution in [3.63, 3.8) is 0 Å². The molecule has 1 fully saturated rings. The molecule has 10 heteroatoms. The lowest BCUT2D eigenvalue weighted by Crippen LogP contribution is -2.40. The number of nitrogens with one attached hydrogen (secondary N) is 1. The summed E-state index contributed by atoms with van der Waals surface area (Å²) in [5.74, 6) is -0.477. The largest absolute Gasteiger partial charge is 0.285 e. The Bertz CT molecular complexity index is 1280. The number of thiocarbonyl (C=S) groups is 1. The average molecular weight is 444 g/mol. The summed E-state index contributed by atoms with van der Waals surface area (Å²) in [4.78, 5) is 23.6.